The fourth-order valence-electron chi connectivity index (χ4n) is 4.91. The topological polar surface area (TPSA) is 63.4 Å². The summed E-state index contributed by atoms with van der Waals surface area (Å²) in [5.41, 5.74) is 6.13. The third-order valence-corrected chi connectivity index (χ3v) is 7.14. The molecule has 1 fully saturated rings. The average molecular weight is 482 g/mol. The number of aromatic nitrogens is 3. The molecule has 4 aromatic rings. The first kappa shape index (κ1) is 22.9. The van der Waals surface area contributed by atoms with Crippen molar-refractivity contribution in [3.8, 4) is 28.1 Å². The lowest BCUT2D eigenvalue weighted by atomic mass is 9.83. The van der Waals surface area contributed by atoms with Crippen LogP contribution in [0.4, 0.5) is 4.39 Å². The van der Waals surface area contributed by atoms with Gasteiger partial charge < -0.3 is 14.6 Å². The zero-order chi connectivity index (χ0) is 24.6. The summed E-state index contributed by atoms with van der Waals surface area (Å²) in [5, 5.41) is 15.0. The lowest BCUT2D eigenvalue weighted by Gasteiger charge is -2.29. The van der Waals surface area contributed by atoms with Gasteiger partial charge in [-0.05, 0) is 61.0 Å². The smallest absolute Gasteiger partial charge is 0.376 e. The van der Waals surface area contributed by atoms with Crippen molar-refractivity contribution in [3.05, 3.63) is 89.6 Å². The van der Waals surface area contributed by atoms with Crippen LogP contribution in [0.25, 0.3) is 22.4 Å². The third kappa shape index (κ3) is 4.54. The molecule has 0 bridgehead atoms. The van der Waals surface area contributed by atoms with E-state index in [1.807, 2.05) is 27.7 Å². The lowest BCUT2D eigenvalue weighted by molar-refractivity contribution is 0.295. The van der Waals surface area contributed by atoms with Gasteiger partial charge in [0.05, 0.1) is 12.2 Å². The summed E-state index contributed by atoms with van der Waals surface area (Å²) in [6, 6.07) is 17.3. The summed E-state index contributed by atoms with van der Waals surface area (Å²) in [7, 11) is -0.593. The van der Waals surface area contributed by atoms with Crippen LogP contribution in [0, 0.1) is 5.82 Å². The number of hydrogen-bond donors (Lipinski definition) is 1. The zero-order valence-electron chi connectivity index (χ0n) is 20.3. The van der Waals surface area contributed by atoms with E-state index < -0.39 is 7.05 Å². The Morgan fingerprint density at radius 1 is 1.06 bits per heavy atom. The molecule has 182 valence electrons. The number of ether oxygens (including phenoxy) is 1. The van der Waals surface area contributed by atoms with Crippen LogP contribution < -0.4 is 4.74 Å². The zero-order valence-corrected chi connectivity index (χ0v) is 20.3. The van der Waals surface area contributed by atoms with Crippen molar-refractivity contribution in [2.24, 2.45) is 0 Å². The van der Waals surface area contributed by atoms with Gasteiger partial charge in [0.2, 0.25) is 0 Å². The number of fused-ring (bicyclic) bond motifs is 1. The van der Waals surface area contributed by atoms with Crippen molar-refractivity contribution in [1.29, 1.82) is 0 Å². The molecule has 2 aromatic carbocycles. The molecule has 0 unspecified atom stereocenters. The fourth-order valence-corrected chi connectivity index (χ4v) is 4.91. The van der Waals surface area contributed by atoms with Gasteiger partial charge in [0.15, 0.2) is 0 Å². The molecule has 2 aromatic heterocycles. The van der Waals surface area contributed by atoms with Crippen molar-refractivity contribution in [2.75, 3.05) is 6.54 Å². The second-order valence-electron chi connectivity index (χ2n) is 9.68. The van der Waals surface area contributed by atoms with Gasteiger partial charge in [0, 0.05) is 48.2 Å². The van der Waals surface area contributed by atoms with Crippen molar-refractivity contribution >= 4 is 7.05 Å². The molecule has 0 amide bonds. The van der Waals surface area contributed by atoms with Crippen molar-refractivity contribution in [3.63, 3.8) is 0 Å². The molecule has 2 aliphatic rings. The molecule has 1 aliphatic heterocycles. The van der Waals surface area contributed by atoms with E-state index in [-0.39, 0.29) is 5.82 Å². The molecule has 1 saturated carbocycles. The van der Waals surface area contributed by atoms with Crippen molar-refractivity contribution in [1.82, 2.24) is 19.6 Å². The summed E-state index contributed by atoms with van der Waals surface area (Å²) in [6.07, 6.45) is 5.98. The highest BCUT2D eigenvalue weighted by molar-refractivity contribution is 6.45. The molecule has 36 heavy (non-hydrogen) atoms. The predicted octanol–water partition coefficient (Wildman–Crippen LogP) is 5.13. The molecule has 0 saturated heterocycles. The molecular weight excluding hydrogens is 454 g/mol. The van der Waals surface area contributed by atoms with E-state index in [1.54, 1.807) is 25.3 Å². The Balaban J connectivity index is 1.30. The van der Waals surface area contributed by atoms with Crippen LogP contribution >= 0.6 is 0 Å². The number of rotatable bonds is 7. The number of nitrogens with zero attached hydrogens (tertiary/aromatic N) is 4. The number of halogens is 1. The fraction of sp³-hybridized carbons (Fsp3) is 0.286. The van der Waals surface area contributed by atoms with Crippen LogP contribution in [0.2, 0.25) is 6.82 Å². The monoisotopic (exact) mass is 482 g/mol. The minimum absolute atomic E-state index is 0.364. The van der Waals surface area contributed by atoms with Crippen molar-refractivity contribution < 1.29 is 14.2 Å². The molecule has 1 N–H and O–H groups in total. The highest BCUT2D eigenvalue weighted by atomic mass is 19.1. The average Bonchev–Trinajstić information content (AvgIpc) is 3.69. The minimum Gasteiger partial charge on any atom is -0.489 e. The predicted molar refractivity (Wildman–Crippen MR) is 138 cm³/mol. The minimum atomic E-state index is -0.593. The van der Waals surface area contributed by atoms with Gasteiger partial charge in [-0.1, -0.05) is 24.3 Å². The molecule has 0 spiro atoms. The van der Waals surface area contributed by atoms with Crippen LogP contribution in [0.1, 0.15) is 35.6 Å². The quantitative estimate of drug-likeness (QED) is 0.370. The normalized spacial score (nSPS) is 15.5. The summed E-state index contributed by atoms with van der Waals surface area (Å²) < 4.78 is 23.5. The second kappa shape index (κ2) is 9.52. The van der Waals surface area contributed by atoms with Gasteiger partial charge in [0.1, 0.15) is 23.9 Å². The van der Waals surface area contributed by atoms with Gasteiger partial charge in [-0.15, -0.1) is 0 Å². The third-order valence-electron chi connectivity index (χ3n) is 7.14. The summed E-state index contributed by atoms with van der Waals surface area (Å²) in [6.45, 7) is 3.93. The SMILES string of the molecule is CB(O)N1CCn2nc(-c3ccncc3)c(-c3ccc(OCc4ccc(C5CC5)cc4)cc3F)c2C1. The summed E-state index contributed by atoms with van der Waals surface area (Å²) >= 11 is 0. The molecule has 0 atom stereocenters. The van der Waals surface area contributed by atoms with Crippen LogP contribution in [0.15, 0.2) is 67.0 Å². The Kier molecular flexibility index (Phi) is 6.07. The Hall–Kier alpha value is -3.49. The molecule has 0 radical (unpaired) electrons. The first-order chi connectivity index (χ1) is 17.6. The van der Waals surface area contributed by atoms with E-state index in [4.69, 9.17) is 9.84 Å². The molecule has 8 heteroatoms. The van der Waals surface area contributed by atoms with E-state index in [9.17, 15) is 5.02 Å². The number of pyridine rings is 1. The molecule has 6 nitrogen and oxygen atoms in total. The highest BCUT2D eigenvalue weighted by Crippen LogP contribution is 2.40. The van der Waals surface area contributed by atoms with E-state index in [0.717, 1.165) is 28.3 Å². The first-order valence-electron chi connectivity index (χ1n) is 12.5. The second-order valence-corrected chi connectivity index (χ2v) is 9.68. The van der Waals surface area contributed by atoms with Crippen molar-refractivity contribution in [2.45, 2.75) is 45.3 Å². The van der Waals surface area contributed by atoms with E-state index in [2.05, 4.69) is 29.2 Å². The maximum atomic E-state index is 15.6. The molecular formula is C28H28BFN4O2. The van der Waals surface area contributed by atoms with E-state index in [1.165, 1.54) is 24.5 Å². The summed E-state index contributed by atoms with van der Waals surface area (Å²) in [4.78, 5) is 6.07. The van der Waals surface area contributed by atoms with Crippen LogP contribution in [-0.2, 0) is 19.7 Å². The Labute approximate surface area is 210 Å². The lowest BCUT2D eigenvalue weighted by Crippen LogP contribution is -2.42. The van der Waals surface area contributed by atoms with Gasteiger partial charge in [0.25, 0.3) is 0 Å². The molecule has 6 rings (SSSR count). The number of benzene rings is 2. The largest absolute Gasteiger partial charge is 0.489 e. The maximum absolute atomic E-state index is 15.6. The Morgan fingerprint density at radius 3 is 2.53 bits per heavy atom. The van der Waals surface area contributed by atoms with Crippen LogP contribution in [-0.4, -0.2) is 38.2 Å². The Bertz CT molecular complexity index is 1370. The number of hydrogen-bond acceptors (Lipinski definition) is 5. The van der Waals surface area contributed by atoms with Gasteiger partial charge in [-0.2, -0.15) is 5.10 Å². The van der Waals surface area contributed by atoms with Gasteiger partial charge >= 0.3 is 7.05 Å². The Morgan fingerprint density at radius 2 is 1.83 bits per heavy atom. The molecule has 1 aliphatic carbocycles. The van der Waals surface area contributed by atoms with Crippen LogP contribution in [0.3, 0.4) is 0 Å². The summed E-state index contributed by atoms with van der Waals surface area (Å²) in [5.74, 6) is 0.845. The first-order valence-corrected chi connectivity index (χ1v) is 12.5. The maximum Gasteiger partial charge on any atom is 0.376 e. The molecule has 3 heterocycles. The van der Waals surface area contributed by atoms with Gasteiger partial charge in [-0.25, -0.2) is 4.39 Å². The van der Waals surface area contributed by atoms with Crippen LogP contribution in [0.5, 0.6) is 5.75 Å². The highest BCUT2D eigenvalue weighted by Gasteiger charge is 2.30. The standard InChI is InChI=1S/C28H28BFN4O2/c1-29(35)33-14-15-34-26(17-33)27(28(32-34)22-10-12-31-13-11-22)24-9-8-23(16-25(24)30)36-18-19-2-4-20(5-3-19)21-6-7-21/h2-5,8-13,16,21,35H,6-7,14-15,17-18H2,1H3. The van der Waals surface area contributed by atoms with E-state index >= 15 is 4.39 Å². The van der Waals surface area contributed by atoms with Gasteiger partial charge in [-0.3, -0.25) is 9.67 Å². The van der Waals surface area contributed by atoms with E-state index in [0.29, 0.717) is 43.2 Å².